The molecular formula is C17H18N2S. The molecule has 2 nitrogen and oxygen atoms in total. The molecule has 1 N–H and O–H groups in total. The topological polar surface area (TPSA) is 24.4 Å². The van der Waals surface area contributed by atoms with Crippen molar-refractivity contribution in [2.45, 2.75) is 26.8 Å². The molecule has 0 fully saturated rings. The normalized spacial score (nSPS) is 17.2. The summed E-state index contributed by atoms with van der Waals surface area (Å²) in [6.45, 7) is 6.53. The number of aliphatic imine (C=N–C) groups is 1. The van der Waals surface area contributed by atoms with Gasteiger partial charge in [-0.1, -0.05) is 29.8 Å². The molecule has 2 heterocycles. The van der Waals surface area contributed by atoms with Crippen molar-refractivity contribution in [2.75, 3.05) is 0 Å². The molecule has 1 aliphatic heterocycles. The van der Waals surface area contributed by atoms with Crippen LogP contribution in [-0.2, 0) is 0 Å². The zero-order valence-electron chi connectivity index (χ0n) is 12.0. The Kier molecular flexibility index (Phi) is 3.45. The predicted octanol–water partition coefficient (Wildman–Crippen LogP) is 4.53. The van der Waals surface area contributed by atoms with E-state index in [1.165, 1.54) is 32.0 Å². The third-order valence-electron chi connectivity index (χ3n) is 3.69. The van der Waals surface area contributed by atoms with E-state index in [1.807, 2.05) is 17.5 Å². The molecule has 0 amide bonds. The zero-order chi connectivity index (χ0) is 14.1. The number of nitrogens with one attached hydrogen (secondary N) is 1. The van der Waals surface area contributed by atoms with E-state index in [-0.39, 0.29) is 6.04 Å². The van der Waals surface area contributed by atoms with Crippen molar-refractivity contribution in [1.29, 1.82) is 0 Å². The largest absolute Gasteiger partial charge is 0.353 e. The van der Waals surface area contributed by atoms with Crippen LogP contribution < -0.4 is 5.32 Å². The molecule has 1 atom stereocenters. The van der Waals surface area contributed by atoms with Crippen LogP contribution in [0, 0.1) is 20.8 Å². The molecule has 0 radical (unpaired) electrons. The molecule has 1 unspecified atom stereocenters. The first kappa shape index (κ1) is 13.1. The van der Waals surface area contributed by atoms with E-state index in [2.05, 4.69) is 61.4 Å². The van der Waals surface area contributed by atoms with Gasteiger partial charge < -0.3 is 5.32 Å². The molecule has 0 aliphatic carbocycles. The summed E-state index contributed by atoms with van der Waals surface area (Å²) in [6.07, 6.45) is 5.86. The van der Waals surface area contributed by atoms with Crippen molar-refractivity contribution in [1.82, 2.24) is 5.32 Å². The molecule has 0 spiro atoms. The van der Waals surface area contributed by atoms with Gasteiger partial charge in [0.15, 0.2) is 0 Å². The fourth-order valence-corrected chi connectivity index (χ4v) is 3.73. The highest BCUT2D eigenvalue weighted by Gasteiger charge is 2.20. The van der Waals surface area contributed by atoms with Gasteiger partial charge in [-0.05, 0) is 38.0 Å². The Bertz CT molecular complexity index is 683. The van der Waals surface area contributed by atoms with Gasteiger partial charge in [-0.15, -0.1) is 11.3 Å². The molecule has 1 aromatic carbocycles. The second-order valence-electron chi connectivity index (χ2n) is 5.14. The molecule has 20 heavy (non-hydrogen) atoms. The lowest BCUT2D eigenvalue weighted by Gasteiger charge is -2.14. The Labute approximate surface area is 123 Å². The number of aryl methyl sites for hydroxylation is 2. The lowest BCUT2D eigenvalue weighted by molar-refractivity contribution is 0.881. The van der Waals surface area contributed by atoms with Gasteiger partial charge in [-0.2, -0.15) is 0 Å². The van der Waals surface area contributed by atoms with Crippen LogP contribution in [0.15, 0.2) is 41.5 Å². The van der Waals surface area contributed by atoms with Gasteiger partial charge in [-0.25, -0.2) is 0 Å². The minimum Gasteiger partial charge on any atom is -0.353 e. The first-order valence-electron chi connectivity index (χ1n) is 6.78. The molecular weight excluding hydrogens is 264 g/mol. The summed E-state index contributed by atoms with van der Waals surface area (Å²) in [5, 5.41) is 3.01. The van der Waals surface area contributed by atoms with E-state index in [1.54, 1.807) is 6.34 Å². The summed E-state index contributed by atoms with van der Waals surface area (Å²) in [5.41, 5.74) is 5.29. The Morgan fingerprint density at radius 1 is 1.20 bits per heavy atom. The molecule has 2 aromatic rings. The maximum atomic E-state index is 4.57. The molecule has 0 bridgehead atoms. The van der Waals surface area contributed by atoms with Crippen LogP contribution in [0.25, 0.3) is 10.4 Å². The smallest absolute Gasteiger partial charge is 0.0981 e. The minimum absolute atomic E-state index is 0.122. The van der Waals surface area contributed by atoms with E-state index in [0.717, 1.165) is 0 Å². The van der Waals surface area contributed by atoms with Crippen LogP contribution in [0.1, 0.15) is 27.6 Å². The second-order valence-corrected chi connectivity index (χ2v) is 6.37. The highest BCUT2D eigenvalue weighted by molar-refractivity contribution is 7.15. The van der Waals surface area contributed by atoms with Crippen molar-refractivity contribution in [3.8, 4) is 10.4 Å². The lowest BCUT2D eigenvalue weighted by atomic mass is 9.98. The van der Waals surface area contributed by atoms with Crippen LogP contribution in [0.2, 0.25) is 0 Å². The van der Waals surface area contributed by atoms with Crippen molar-refractivity contribution >= 4 is 17.7 Å². The van der Waals surface area contributed by atoms with Gasteiger partial charge in [0.2, 0.25) is 0 Å². The molecule has 3 rings (SSSR count). The number of rotatable bonds is 2. The maximum Gasteiger partial charge on any atom is 0.0981 e. The fourth-order valence-electron chi connectivity index (χ4n) is 2.53. The Balaban J connectivity index is 2.16. The van der Waals surface area contributed by atoms with Crippen LogP contribution in [0.5, 0.6) is 0 Å². The van der Waals surface area contributed by atoms with Crippen molar-refractivity contribution in [2.24, 2.45) is 4.99 Å². The second kappa shape index (κ2) is 5.25. The standard InChI is InChI=1S/C17H18N2S/c1-11-5-4-6-14(9-11)17-16(12(2)13(3)20-17)15-7-8-18-10-19-15/h4-10,15H,1-3H3,(H,18,19). The van der Waals surface area contributed by atoms with Crippen molar-refractivity contribution in [3.63, 3.8) is 0 Å². The van der Waals surface area contributed by atoms with Crippen molar-refractivity contribution < 1.29 is 0 Å². The molecule has 0 saturated carbocycles. The van der Waals surface area contributed by atoms with E-state index < -0.39 is 0 Å². The van der Waals surface area contributed by atoms with Gasteiger partial charge in [-0.3, -0.25) is 4.99 Å². The van der Waals surface area contributed by atoms with Gasteiger partial charge >= 0.3 is 0 Å². The predicted molar refractivity (Wildman–Crippen MR) is 87.5 cm³/mol. The van der Waals surface area contributed by atoms with E-state index >= 15 is 0 Å². The first-order chi connectivity index (χ1) is 9.66. The fraction of sp³-hybridized carbons (Fsp3) is 0.235. The van der Waals surface area contributed by atoms with Gasteiger partial charge in [0.25, 0.3) is 0 Å². The summed E-state index contributed by atoms with van der Waals surface area (Å²) in [4.78, 5) is 7.28. The number of hydrogen-bond acceptors (Lipinski definition) is 3. The van der Waals surface area contributed by atoms with Gasteiger partial charge in [0, 0.05) is 21.5 Å². The van der Waals surface area contributed by atoms with Crippen molar-refractivity contribution in [3.05, 3.63) is 58.1 Å². The summed E-state index contributed by atoms with van der Waals surface area (Å²) in [6, 6.07) is 8.83. The monoisotopic (exact) mass is 282 g/mol. The molecule has 1 aromatic heterocycles. The molecule has 0 saturated heterocycles. The third kappa shape index (κ3) is 2.29. The highest BCUT2D eigenvalue weighted by atomic mass is 32.1. The maximum absolute atomic E-state index is 4.57. The Morgan fingerprint density at radius 3 is 2.75 bits per heavy atom. The van der Waals surface area contributed by atoms with E-state index in [4.69, 9.17) is 0 Å². The van der Waals surface area contributed by atoms with E-state index in [0.29, 0.717) is 0 Å². The third-order valence-corrected chi connectivity index (χ3v) is 4.96. The van der Waals surface area contributed by atoms with Gasteiger partial charge in [0.1, 0.15) is 0 Å². The number of hydrogen-bond donors (Lipinski definition) is 1. The number of nitrogens with zero attached hydrogens (tertiary/aromatic N) is 1. The van der Waals surface area contributed by atoms with Crippen LogP contribution >= 0.6 is 11.3 Å². The average Bonchev–Trinajstić information content (AvgIpc) is 2.76. The molecule has 102 valence electrons. The molecule has 3 heteroatoms. The molecule has 1 aliphatic rings. The average molecular weight is 282 g/mol. The summed E-state index contributed by atoms with van der Waals surface area (Å²) < 4.78 is 0. The minimum atomic E-state index is 0.122. The zero-order valence-corrected chi connectivity index (χ0v) is 12.8. The van der Waals surface area contributed by atoms with Crippen LogP contribution in [0.4, 0.5) is 0 Å². The van der Waals surface area contributed by atoms with Crippen LogP contribution in [-0.4, -0.2) is 6.34 Å². The Hall–Kier alpha value is -1.87. The number of benzene rings is 1. The summed E-state index contributed by atoms with van der Waals surface area (Å²) >= 11 is 1.87. The SMILES string of the molecule is Cc1cccc(-c2sc(C)c(C)c2C2C=CNC=N2)c1. The quantitative estimate of drug-likeness (QED) is 0.860. The highest BCUT2D eigenvalue weighted by Crippen LogP contribution is 2.41. The Morgan fingerprint density at radius 2 is 2.05 bits per heavy atom. The number of thiophene rings is 1. The first-order valence-corrected chi connectivity index (χ1v) is 7.60. The van der Waals surface area contributed by atoms with Gasteiger partial charge in [0.05, 0.1) is 12.4 Å². The summed E-state index contributed by atoms with van der Waals surface area (Å²) in [7, 11) is 0. The van der Waals surface area contributed by atoms with E-state index in [9.17, 15) is 0 Å². The van der Waals surface area contributed by atoms with Crippen LogP contribution in [0.3, 0.4) is 0 Å². The lowest BCUT2D eigenvalue weighted by Crippen LogP contribution is -2.09. The summed E-state index contributed by atoms with van der Waals surface area (Å²) in [5.74, 6) is 0.